The Labute approximate surface area is 90.1 Å². The molecule has 82 valence electrons. The maximum atomic E-state index is 11.2. The molecule has 4 nitrogen and oxygen atoms in total. The van der Waals surface area contributed by atoms with Crippen molar-refractivity contribution >= 4 is 17.3 Å². The molecule has 1 amide bonds. The van der Waals surface area contributed by atoms with Crippen molar-refractivity contribution < 1.29 is 4.79 Å². The number of hydrogen-bond acceptors (Lipinski definition) is 3. The van der Waals surface area contributed by atoms with Gasteiger partial charge in [-0.3, -0.25) is 4.79 Å². The van der Waals surface area contributed by atoms with Crippen LogP contribution in [-0.2, 0) is 4.79 Å². The van der Waals surface area contributed by atoms with E-state index in [0.717, 1.165) is 16.9 Å². The molecule has 0 bridgehead atoms. The molecule has 1 rings (SSSR count). The number of aryl methyl sites for hydroxylation is 1. The van der Waals surface area contributed by atoms with E-state index in [2.05, 4.69) is 5.32 Å². The number of nitrogens with two attached hydrogens (primary N) is 1. The lowest BCUT2D eigenvalue weighted by Crippen LogP contribution is -2.33. The van der Waals surface area contributed by atoms with E-state index in [4.69, 9.17) is 5.73 Å². The molecule has 0 atom stereocenters. The van der Waals surface area contributed by atoms with E-state index in [1.807, 2.05) is 37.1 Å². The summed E-state index contributed by atoms with van der Waals surface area (Å²) in [5, 5.41) is 2.59. The molecule has 4 heteroatoms. The number of rotatable bonds is 3. The minimum absolute atomic E-state index is 0.00581. The van der Waals surface area contributed by atoms with Crippen LogP contribution in [0.3, 0.4) is 0 Å². The van der Waals surface area contributed by atoms with Crippen LogP contribution in [0.5, 0.6) is 0 Å². The van der Waals surface area contributed by atoms with Crippen LogP contribution in [0.2, 0.25) is 0 Å². The van der Waals surface area contributed by atoms with E-state index in [1.165, 1.54) is 0 Å². The van der Waals surface area contributed by atoms with Gasteiger partial charge in [-0.25, -0.2) is 0 Å². The summed E-state index contributed by atoms with van der Waals surface area (Å²) >= 11 is 0. The minimum Gasteiger partial charge on any atom is -0.399 e. The largest absolute Gasteiger partial charge is 0.399 e. The van der Waals surface area contributed by atoms with Crippen LogP contribution in [0.15, 0.2) is 18.2 Å². The summed E-state index contributed by atoms with van der Waals surface area (Å²) in [6.07, 6.45) is 0. The van der Waals surface area contributed by atoms with Gasteiger partial charge in [0.15, 0.2) is 0 Å². The molecule has 0 aliphatic rings. The minimum atomic E-state index is -0.00581. The maximum absolute atomic E-state index is 11.2. The van der Waals surface area contributed by atoms with Crippen molar-refractivity contribution in [3.05, 3.63) is 23.8 Å². The topological polar surface area (TPSA) is 58.4 Å². The van der Waals surface area contributed by atoms with Crippen molar-refractivity contribution in [2.24, 2.45) is 0 Å². The molecule has 0 aliphatic carbocycles. The molecule has 0 fully saturated rings. The Balaban J connectivity index is 2.82. The van der Waals surface area contributed by atoms with E-state index in [-0.39, 0.29) is 5.91 Å². The molecule has 0 saturated heterocycles. The summed E-state index contributed by atoms with van der Waals surface area (Å²) in [6.45, 7) is 2.33. The van der Waals surface area contributed by atoms with Gasteiger partial charge in [-0.2, -0.15) is 0 Å². The van der Waals surface area contributed by atoms with Gasteiger partial charge in [0.25, 0.3) is 0 Å². The highest BCUT2D eigenvalue weighted by atomic mass is 16.1. The molecule has 0 aliphatic heterocycles. The van der Waals surface area contributed by atoms with Gasteiger partial charge in [0.05, 0.1) is 6.54 Å². The zero-order chi connectivity index (χ0) is 11.4. The summed E-state index contributed by atoms with van der Waals surface area (Å²) in [6, 6.07) is 5.66. The Kier molecular flexibility index (Phi) is 3.55. The zero-order valence-corrected chi connectivity index (χ0v) is 9.37. The van der Waals surface area contributed by atoms with E-state index in [1.54, 1.807) is 7.05 Å². The molecule has 0 spiro atoms. The molecule has 3 N–H and O–H groups in total. The monoisotopic (exact) mass is 207 g/mol. The number of benzene rings is 1. The highest BCUT2D eigenvalue weighted by Crippen LogP contribution is 2.20. The van der Waals surface area contributed by atoms with Gasteiger partial charge in [-0.15, -0.1) is 0 Å². The normalized spacial score (nSPS) is 9.80. The molecule has 0 unspecified atom stereocenters. The summed E-state index contributed by atoms with van der Waals surface area (Å²) in [7, 11) is 3.51. The summed E-state index contributed by atoms with van der Waals surface area (Å²) < 4.78 is 0. The SMILES string of the molecule is CNC(=O)CN(C)c1ccc(N)cc1C. The number of nitrogens with zero attached hydrogens (tertiary/aromatic N) is 1. The number of anilines is 2. The van der Waals surface area contributed by atoms with E-state index < -0.39 is 0 Å². The Morgan fingerprint density at radius 1 is 1.53 bits per heavy atom. The Morgan fingerprint density at radius 3 is 2.73 bits per heavy atom. The molecular weight excluding hydrogens is 190 g/mol. The van der Waals surface area contributed by atoms with Crippen molar-refractivity contribution in [1.29, 1.82) is 0 Å². The van der Waals surface area contributed by atoms with Crippen molar-refractivity contribution in [2.45, 2.75) is 6.92 Å². The van der Waals surface area contributed by atoms with E-state index >= 15 is 0 Å². The van der Waals surface area contributed by atoms with Gasteiger partial charge in [-0.1, -0.05) is 0 Å². The van der Waals surface area contributed by atoms with Crippen LogP contribution in [0.1, 0.15) is 5.56 Å². The van der Waals surface area contributed by atoms with Gasteiger partial charge >= 0.3 is 0 Å². The van der Waals surface area contributed by atoms with Crippen LogP contribution in [0, 0.1) is 6.92 Å². The second-order valence-electron chi connectivity index (χ2n) is 3.58. The second kappa shape index (κ2) is 4.68. The van der Waals surface area contributed by atoms with Gasteiger partial charge in [0.2, 0.25) is 5.91 Å². The summed E-state index contributed by atoms with van der Waals surface area (Å²) in [5.74, 6) is -0.00581. The zero-order valence-electron chi connectivity index (χ0n) is 9.37. The molecule has 0 heterocycles. The maximum Gasteiger partial charge on any atom is 0.239 e. The first-order valence-electron chi connectivity index (χ1n) is 4.82. The lowest BCUT2D eigenvalue weighted by molar-refractivity contribution is -0.119. The number of nitrogens with one attached hydrogen (secondary N) is 1. The molecule has 1 aromatic carbocycles. The standard InChI is InChI=1S/C11H17N3O/c1-8-6-9(12)4-5-10(8)14(3)7-11(15)13-2/h4-6H,7,12H2,1-3H3,(H,13,15). The quantitative estimate of drug-likeness (QED) is 0.719. The van der Waals surface area contributed by atoms with Gasteiger partial charge < -0.3 is 16.0 Å². The van der Waals surface area contributed by atoms with Gasteiger partial charge in [0, 0.05) is 25.5 Å². The summed E-state index contributed by atoms with van der Waals surface area (Å²) in [5.41, 5.74) is 8.49. The highest BCUT2D eigenvalue weighted by Gasteiger charge is 2.07. The molecule has 0 radical (unpaired) electrons. The van der Waals surface area contributed by atoms with Crippen LogP contribution >= 0.6 is 0 Å². The highest BCUT2D eigenvalue weighted by molar-refractivity contribution is 5.81. The third-order valence-electron chi connectivity index (χ3n) is 2.29. The second-order valence-corrected chi connectivity index (χ2v) is 3.58. The lowest BCUT2D eigenvalue weighted by Gasteiger charge is -2.20. The van der Waals surface area contributed by atoms with Crippen LogP contribution in [0.4, 0.5) is 11.4 Å². The fourth-order valence-electron chi connectivity index (χ4n) is 1.49. The molecule has 0 aromatic heterocycles. The third-order valence-corrected chi connectivity index (χ3v) is 2.29. The number of amides is 1. The van der Waals surface area contributed by atoms with Crippen LogP contribution in [0.25, 0.3) is 0 Å². The smallest absolute Gasteiger partial charge is 0.239 e. The number of nitrogen functional groups attached to an aromatic ring is 1. The van der Waals surface area contributed by atoms with Gasteiger partial charge in [-0.05, 0) is 30.7 Å². The van der Waals surface area contributed by atoms with Crippen molar-refractivity contribution in [3.8, 4) is 0 Å². The molecule has 0 saturated carbocycles. The van der Waals surface area contributed by atoms with Gasteiger partial charge in [0.1, 0.15) is 0 Å². The fourth-order valence-corrected chi connectivity index (χ4v) is 1.49. The van der Waals surface area contributed by atoms with Crippen molar-refractivity contribution in [3.63, 3.8) is 0 Å². The van der Waals surface area contributed by atoms with Crippen LogP contribution in [-0.4, -0.2) is 26.5 Å². The average molecular weight is 207 g/mol. The number of carbonyl (C=O) groups excluding carboxylic acids is 1. The summed E-state index contributed by atoms with van der Waals surface area (Å²) in [4.78, 5) is 13.1. The van der Waals surface area contributed by atoms with Crippen molar-refractivity contribution in [1.82, 2.24) is 5.32 Å². The first kappa shape index (κ1) is 11.4. The molecular formula is C11H17N3O. The predicted octanol–water partition coefficient (Wildman–Crippen LogP) is 0.759. The number of carbonyl (C=O) groups is 1. The Bertz CT molecular complexity index is 363. The first-order valence-corrected chi connectivity index (χ1v) is 4.82. The van der Waals surface area contributed by atoms with Crippen molar-refractivity contribution in [2.75, 3.05) is 31.3 Å². The predicted molar refractivity (Wildman–Crippen MR) is 62.9 cm³/mol. The third kappa shape index (κ3) is 2.87. The Hall–Kier alpha value is -1.71. The average Bonchev–Trinajstić information content (AvgIpc) is 2.17. The number of hydrogen-bond donors (Lipinski definition) is 2. The molecule has 15 heavy (non-hydrogen) atoms. The Morgan fingerprint density at radius 2 is 2.20 bits per heavy atom. The van der Waals surface area contributed by atoms with Crippen LogP contribution < -0.4 is 16.0 Å². The lowest BCUT2D eigenvalue weighted by atomic mass is 10.1. The fraction of sp³-hybridized carbons (Fsp3) is 0.364. The van der Waals surface area contributed by atoms with E-state index in [9.17, 15) is 4.79 Å². The first-order chi connectivity index (χ1) is 7.04. The number of likely N-dealkylation sites (N-methyl/N-ethyl adjacent to an activating group) is 2. The van der Waals surface area contributed by atoms with E-state index in [0.29, 0.717) is 6.54 Å². The molecule has 1 aromatic rings.